The van der Waals surface area contributed by atoms with E-state index in [4.69, 9.17) is 0 Å². The molecule has 1 atom stereocenters. The summed E-state index contributed by atoms with van der Waals surface area (Å²) in [6.45, 7) is 6.49. The lowest BCUT2D eigenvalue weighted by molar-refractivity contribution is -0.132. The molecule has 0 spiro atoms. The molecule has 2 amide bonds. The predicted octanol–water partition coefficient (Wildman–Crippen LogP) is 1.95. The summed E-state index contributed by atoms with van der Waals surface area (Å²) in [5, 5.41) is -0.105. The van der Waals surface area contributed by atoms with Gasteiger partial charge in [0.15, 0.2) is 0 Å². The van der Waals surface area contributed by atoms with Crippen LogP contribution >= 0.6 is 11.8 Å². The summed E-state index contributed by atoms with van der Waals surface area (Å²) in [6, 6.07) is 6.50. The largest absolute Gasteiger partial charge is 0.340 e. The lowest BCUT2D eigenvalue weighted by Gasteiger charge is -2.36. The van der Waals surface area contributed by atoms with Crippen LogP contribution in [0.1, 0.15) is 24.3 Å². The van der Waals surface area contributed by atoms with E-state index in [2.05, 4.69) is 4.90 Å². The number of hydrogen-bond donors (Lipinski definition) is 0. The molecule has 0 N–H and O–H groups in total. The van der Waals surface area contributed by atoms with Gasteiger partial charge in [0.05, 0.1) is 5.75 Å². The molecule has 1 aromatic rings. The fraction of sp³-hybridized carbons (Fsp3) is 0.556. The van der Waals surface area contributed by atoms with Crippen LogP contribution in [-0.2, 0) is 9.59 Å². The van der Waals surface area contributed by atoms with Crippen molar-refractivity contribution < 1.29 is 14.0 Å². The summed E-state index contributed by atoms with van der Waals surface area (Å²) < 4.78 is 13.5. The van der Waals surface area contributed by atoms with Crippen LogP contribution in [-0.4, -0.2) is 71.5 Å². The van der Waals surface area contributed by atoms with Gasteiger partial charge in [0.25, 0.3) is 0 Å². The van der Waals surface area contributed by atoms with Crippen molar-refractivity contribution in [1.82, 2.24) is 14.7 Å². The van der Waals surface area contributed by atoms with Gasteiger partial charge < -0.3 is 9.80 Å². The molecule has 136 valence electrons. The minimum atomic E-state index is -0.269. The summed E-state index contributed by atoms with van der Waals surface area (Å²) in [5.74, 6) is 0.491. The zero-order valence-corrected chi connectivity index (χ0v) is 15.3. The first-order valence-corrected chi connectivity index (χ1v) is 9.80. The van der Waals surface area contributed by atoms with Crippen molar-refractivity contribution in [2.75, 3.05) is 45.0 Å². The minimum Gasteiger partial charge on any atom is -0.340 e. The summed E-state index contributed by atoms with van der Waals surface area (Å²) >= 11 is 1.55. The third kappa shape index (κ3) is 4.33. The number of amides is 2. The van der Waals surface area contributed by atoms with E-state index in [1.807, 2.05) is 22.8 Å². The third-order valence-corrected chi connectivity index (χ3v) is 6.04. The molecular formula is C18H24FN3O2S. The number of carbonyl (C=O) groups excluding carboxylic acids is 2. The molecule has 3 rings (SSSR count). The number of benzene rings is 1. The van der Waals surface area contributed by atoms with Crippen molar-refractivity contribution in [3.05, 3.63) is 35.6 Å². The Balaban J connectivity index is 1.55. The zero-order valence-electron chi connectivity index (χ0n) is 14.5. The SMILES string of the molecule is CCC(=O)N1CCN(CCN2C(=O)CSC2c2cccc(F)c2)CC1. The van der Waals surface area contributed by atoms with E-state index < -0.39 is 0 Å². The molecule has 1 unspecified atom stereocenters. The number of thioether (sulfide) groups is 1. The maximum Gasteiger partial charge on any atom is 0.233 e. The molecular weight excluding hydrogens is 341 g/mol. The molecule has 0 aromatic heterocycles. The fourth-order valence-electron chi connectivity index (χ4n) is 3.33. The van der Waals surface area contributed by atoms with Crippen LogP contribution in [0.15, 0.2) is 24.3 Å². The van der Waals surface area contributed by atoms with Crippen LogP contribution in [0.2, 0.25) is 0 Å². The smallest absolute Gasteiger partial charge is 0.233 e. The van der Waals surface area contributed by atoms with Gasteiger partial charge in [-0.2, -0.15) is 0 Å². The first-order chi connectivity index (χ1) is 12.1. The van der Waals surface area contributed by atoms with Crippen molar-refractivity contribution in [2.45, 2.75) is 18.7 Å². The van der Waals surface area contributed by atoms with Crippen LogP contribution in [0.5, 0.6) is 0 Å². The van der Waals surface area contributed by atoms with Crippen LogP contribution in [0.4, 0.5) is 4.39 Å². The van der Waals surface area contributed by atoms with Crippen molar-refractivity contribution >= 4 is 23.6 Å². The minimum absolute atomic E-state index is 0.105. The van der Waals surface area contributed by atoms with Crippen molar-refractivity contribution in [3.8, 4) is 0 Å². The van der Waals surface area contributed by atoms with Crippen LogP contribution in [0, 0.1) is 5.82 Å². The van der Waals surface area contributed by atoms with E-state index in [1.165, 1.54) is 12.1 Å². The molecule has 2 aliphatic rings. The molecule has 2 heterocycles. The highest BCUT2D eigenvalue weighted by Gasteiger charge is 2.33. The van der Waals surface area contributed by atoms with Crippen LogP contribution in [0.25, 0.3) is 0 Å². The third-order valence-electron chi connectivity index (χ3n) is 4.79. The van der Waals surface area contributed by atoms with Gasteiger partial charge >= 0.3 is 0 Å². The average molecular weight is 365 g/mol. The van der Waals surface area contributed by atoms with E-state index in [-0.39, 0.29) is 23.0 Å². The van der Waals surface area contributed by atoms with E-state index in [1.54, 1.807) is 17.8 Å². The number of piperazine rings is 1. The van der Waals surface area contributed by atoms with Crippen LogP contribution in [0.3, 0.4) is 0 Å². The monoisotopic (exact) mass is 365 g/mol. The first kappa shape index (κ1) is 18.2. The molecule has 2 saturated heterocycles. The van der Waals surface area contributed by atoms with Crippen molar-refractivity contribution in [1.29, 1.82) is 0 Å². The maximum absolute atomic E-state index is 13.5. The highest BCUT2D eigenvalue weighted by atomic mass is 32.2. The number of hydrogen-bond acceptors (Lipinski definition) is 4. The second-order valence-electron chi connectivity index (χ2n) is 6.38. The molecule has 0 saturated carbocycles. The van der Waals surface area contributed by atoms with Gasteiger partial charge in [-0.05, 0) is 17.7 Å². The van der Waals surface area contributed by atoms with E-state index in [9.17, 15) is 14.0 Å². The summed E-state index contributed by atoms with van der Waals surface area (Å²) in [4.78, 5) is 30.0. The van der Waals surface area contributed by atoms with Gasteiger partial charge in [0.1, 0.15) is 11.2 Å². The Morgan fingerprint density at radius 2 is 2.00 bits per heavy atom. The molecule has 1 aromatic carbocycles. The molecule has 25 heavy (non-hydrogen) atoms. The molecule has 0 radical (unpaired) electrons. The zero-order chi connectivity index (χ0) is 17.8. The quantitative estimate of drug-likeness (QED) is 0.800. The Hall–Kier alpha value is -1.60. The maximum atomic E-state index is 13.5. The molecule has 7 heteroatoms. The Labute approximate surface area is 152 Å². The van der Waals surface area contributed by atoms with E-state index in [0.29, 0.717) is 18.7 Å². The average Bonchev–Trinajstić information content (AvgIpc) is 3.00. The summed E-state index contributed by atoms with van der Waals surface area (Å²) in [5.41, 5.74) is 0.842. The Morgan fingerprint density at radius 3 is 2.68 bits per heavy atom. The lowest BCUT2D eigenvalue weighted by Crippen LogP contribution is -2.50. The molecule has 2 aliphatic heterocycles. The number of halogens is 1. The Kier molecular flexibility index (Phi) is 5.96. The molecule has 5 nitrogen and oxygen atoms in total. The fourth-order valence-corrected chi connectivity index (χ4v) is 4.53. The molecule has 0 bridgehead atoms. The van der Waals surface area contributed by atoms with Gasteiger partial charge in [-0.1, -0.05) is 19.1 Å². The Bertz CT molecular complexity index is 635. The molecule has 2 fully saturated rings. The molecule has 0 aliphatic carbocycles. The first-order valence-electron chi connectivity index (χ1n) is 8.75. The van der Waals surface area contributed by atoms with Crippen molar-refractivity contribution in [2.24, 2.45) is 0 Å². The van der Waals surface area contributed by atoms with Gasteiger partial charge in [-0.25, -0.2) is 4.39 Å². The highest BCUT2D eigenvalue weighted by Crippen LogP contribution is 2.38. The van der Waals surface area contributed by atoms with Gasteiger partial charge in [-0.3, -0.25) is 14.5 Å². The second kappa shape index (κ2) is 8.19. The highest BCUT2D eigenvalue weighted by molar-refractivity contribution is 8.00. The second-order valence-corrected chi connectivity index (χ2v) is 7.45. The van der Waals surface area contributed by atoms with Crippen molar-refractivity contribution in [3.63, 3.8) is 0 Å². The topological polar surface area (TPSA) is 43.9 Å². The van der Waals surface area contributed by atoms with Gasteiger partial charge in [0.2, 0.25) is 11.8 Å². The normalized spacial score (nSPS) is 21.8. The summed E-state index contributed by atoms with van der Waals surface area (Å²) in [7, 11) is 0. The lowest BCUT2D eigenvalue weighted by atomic mass is 10.2. The summed E-state index contributed by atoms with van der Waals surface area (Å²) in [6.07, 6.45) is 0.550. The van der Waals surface area contributed by atoms with Gasteiger partial charge in [0, 0.05) is 45.7 Å². The number of rotatable bonds is 5. The van der Waals surface area contributed by atoms with E-state index in [0.717, 1.165) is 38.3 Å². The van der Waals surface area contributed by atoms with Gasteiger partial charge in [-0.15, -0.1) is 11.8 Å². The Morgan fingerprint density at radius 1 is 1.24 bits per heavy atom. The number of carbonyl (C=O) groups is 2. The van der Waals surface area contributed by atoms with Crippen LogP contribution < -0.4 is 0 Å². The predicted molar refractivity (Wildman–Crippen MR) is 96.6 cm³/mol. The van der Waals surface area contributed by atoms with E-state index >= 15 is 0 Å². The standard InChI is InChI=1S/C18H24FN3O2S/c1-2-16(23)21-9-6-20(7-10-21)8-11-22-17(24)13-25-18(22)14-4-3-5-15(19)12-14/h3-5,12,18H,2,6-11,13H2,1H3. The number of nitrogens with zero attached hydrogens (tertiary/aromatic N) is 3.